The molecule has 5 heteroatoms. The van der Waals surface area contributed by atoms with Gasteiger partial charge in [-0.3, -0.25) is 0 Å². The highest BCUT2D eigenvalue weighted by Crippen LogP contribution is 1.99. The number of nitrogens with zero attached hydrogens (tertiary/aromatic N) is 1. The molecule has 0 aromatic heterocycles. The minimum atomic E-state index is -0.752. The number of nitroso groups, excluding NO2 is 1. The highest BCUT2D eigenvalue weighted by atomic mass is 17.2. The summed E-state index contributed by atoms with van der Waals surface area (Å²) >= 11 is 0. The number of hydrogen-bond acceptors (Lipinski definition) is 5. The first-order chi connectivity index (χ1) is 4.72. The van der Waals surface area contributed by atoms with Crippen LogP contribution in [0.15, 0.2) is 5.18 Å². The predicted molar refractivity (Wildman–Crippen MR) is 34.2 cm³/mol. The van der Waals surface area contributed by atoms with E-state index in [1.165, 1.54) is 14.0 Å². The Hall–Kier alpha value is -0.520. The molecule has 0 saturated carbocycles. The third-order valence-electron chi connectivity index (χ3n) is 1.01. The summed E-state index contributed by atoms with van der Waals surface area (Å²) in [6.07, 6.45) is -1.42. The van der Waals surface area contributed by atoms with Gasteiger partial charge in [0, 0.05) is 0 Å². The van der Waals surface area contributed by atoms with E-state index in [1.807, 2.05) is 0 Å². The van der Waals surface area contributed by atoms with E-state index in [-0.39, 0.29) is 6.54 Å². The topological polar surface area (TPSA) is 68.1 Å². The first kappa shape index (κ1) is 9.48. The molecule has 0 aromatic carbocycles. The molecule has 1 N–H and O–H groups in total. The van der Waals surface area contributed by atoms with Crippen LogP contribution in [-0.4, -0.2) is 31.0 Å². The molecule has 0 saturated heterocycles. The largest absolute Gasteiger partial charge is 0.391 e. The molecule has 0 spiro atoms. The third-order valence-corrected chi connectivity index (χ3v) is 1.01. The van der Waals surface area contributed by atoms with Crippen LogP contribution in [0, 0.1) is 4.91 Å². The van der Waals surface area contributed by atoms with Gasteiger partial charge in [-0.25, -0.2) is 9.78 Å². The fraction of sp³-hybridized carbons (Fsp3) is 1.00. The quantitative estimate of drug-likeness (QED) is 0.341. The fourth-order valence-corrected chi connectivity index (χ4v) is 0.460. The lowest BCUT2D eigenvalue weighted by Crippen LogP contribution is -2.28. The zero-order chi connectivity index (χ0) is 7.98. The lowest BCUT2D eigenvalue weighted by Gasteiger charge is -2.13. The highest BCUT2D eigenvalue weighted by molar-refractivity contribution is 4.64. The van der Waals surface area contributed by atoms with Gasteiger partial charge in [-0.2, -0.15) is 4.91 Å². The Kier molecular flexibility index (Phi) is 5.00. The second-order valence-electron chi connectivity index (χ2n) is 1.85. The molecule has 0 aliphatic carbocycles. The lowest BCUT2D eigenvalue weighted by atomic mass is 10.2. The Morgan fingerprint density at radius 2 is 2.30 bits per heavy atom. The van der Waals surface area contributed by atoms with Crippen molar-refractivity contribution in [3.8, 4) is 0 Å². The smallest absolute Gasteiger partial charge is 0.141 e. The predicted octanol–water partition coefficient (Wildman–Crippen LogP) is 0.0802. The maximum Gasteiger partial charge on any atom is 0.141 e. The summed E-state index contributed by atoms with van der Waals surface area (Å²) in [6.45, 7) is 1.39. The summed E-state index contributed by atoms with van der Waals surface area (Å²) in [5.41, 5.74) is 0. The molecule has 0 rings (SSSR count). The van der Waals surface area contributed by atoms with Crippen molar-refractivity contribution < 1.29 is 14.9 Å². The van der Waals surface area contributed by atoms with E-state index < -0.39 is 12.2 Å². The summed E-state index contributed by atoms with van der Waals surface area (Å²) in [5.74, 6) is 0. The van der Waals surface area contributed by atoms with Gasteiger partial charge in [0.15, 0.2) is 0 Å². The Bertz CT molecular complexity index is 95.6. The maximum atomic E-state index is 9.70. The monoisotopic (exact) mass is 149 g/mol. The average molecular weight is 149 g/mol. The third kappa shape index (κ3) is 3.49. The normalized spacial score (nSPS) is 16.3. The standard InChI is InChI=1S/C5H11NO4/c1-4(7)5(3-6-8)10-9-2/h4-5,7H,3H2,1-2H3/t4-,5?/m0/s1. The van der Waals surface area contributed by atoms with Crippen molar-refractivity contribution in [2.24, 2.45) is 5.18 Å². The zero-order valence-electron chi connectivity index (χ0n) is 5.98. The van der Waals surface area contributed by atoms with Crippen molar-refractivity contribution in [1.82, 2.24) is 0 Å². The minimum absolute atomic E-state index is 0.106. The summed E-state index contributed by atoms with van der Waals surface area (Å²) in [6, 6.07) is 0. The van der Waals surface area contributed by atoms with E-state index in [0.717, 1.165) is 0 Å². The minimum Gasteiger partial charge on any atom is -0.391 e. The van der Waals surface area contributed by atoms with Crippen molar-refractivity contribution in [1.29, 1.82) is 0 Å². The van der Waals surface area contributed by atoms with Crippen LogP contribution in [0.5, 0.6) is 0 Å². The van der Waals surface area contributed by atoms with Crippen molar-refractivity contribution >= 4 is 0 Å². The first-order valence-electron chi connectivity index (χ1n) is 2.89. The van der Waals surface area contributed by atoms with Gasteiger partial charge in [-0.1, -0.05) is 5.18 Å². The average Bonchev–Trinajstić information content (AvgIpc) is 1.87. The van der Waals surface area contributed by atoms with Crippen LogP contribution < -0.4 is 0 Å². The van der Waals surface area contributed by atoms with Crippen molar-refractivity contribution in [2.45, 2.75) is 19.1 Å². The summed E-state index contributed by atoms with van der Waals surface area (Å²) in [4.78, 5) is 18.5. The zero-order valence-corrected chi connectivity index (χ0v) is 5.98. The van der Waals surface area contributed by atoms with E-state index in [9.17, 15) is 4.91 Å². The van der Waals surface area contributed by atoms with Gasteiger partial charge in [0.2, 0.25) is 0 Å². The van der Waals surface area contributed by atoms with E-state index in [2.05, 4.69) is 15.0 Å². The van der Waals surface area contributed by atoms with Gasteiger partial charge in [0.25, 0.3) is 0 Å². The van der Waals surface area contributed by atoms with Crippen LogP contribution in [0.1, 0.15) is 6.92 Å². The number of aliphatic hydroxyl groups is 1. The Morgan fingerprint density at radius 1 is 1.70 bits per heavy atom. The van der Waals surface area contributed by atoms with Crippen LogP contribution >= 0.6 is 0 Å². The summed E-state index contributed by atoms with van der Waals surface area (Å²) in [5, 5.41) is 11.4. The lowest BCUT2D eigenvalue weighted by molar-refractivity contribution is -0.315. The van der Waals surface area contributed by atoms with Crippen LogP contribution in [-0.2, 0) is 9.78 Å². The summed E-state index contributed by atoms with van der Waals surface area (Å²) in [7, 11) is 1.31. The molecule has 0 radical (unpaired) electrons. The molecule has 1 unspecified atom stereocenters. The van der Waals surface area contributed by atoms with Gasteiger partial charge in [0.1, 0.15) is 12.6 Å². The van der Waals surface area contributed by atoms with Crippen molar-refractivity contribution in [3.63, 3.8) is 0 Å². The van der Waals surface area contributed by atoms with Gasteiger partial charge in [-0.15, -0.1) is 0 Å². The van der Waals surface area contributed by atoms with Crippen LogP contribution in [0.25, 0.3) is 0 Å². The van der Waals surface area contributed by atoms with Crippen LogP contribution in [0.3, 0.4) is 0 Å². The van der Waals surface area contributed by atoms with Crippen LogP contribution in [0.2, 0.25) is 0 Å². The second kappa shape index (κ2) is 5.28. The molecule has 0 aromatic rings. The van der Waals surface area contributed by atoms with Gasteiger partial charge in [0.05, 0.1) is 13.2 Å². The molecule has 0 aliphatic rings. The maximum absolute atomic E-state index is 9.70. The molecule has 0 fully saturated rings. The van der Waals surface area contributed by atoms with Gasteiger partial charge in [-0.05, 0) is 6.92 Å². The first-order valence-corrected chi connectivity index (χ1v) is 2.89. The molecule has 10 heavy (non-hydrogen) atoms. The van der Waals surface area contributed by atoms with Gasteiger partial charge < -0.3 is 5.11 Å². The molecule has 2 atom stereocenters. The SMILES string of the molecule is COOC(CN=O)[C@H](C)O. The van der Waals surface area contributed by atoms with E-state index >= 15 is 0 Å². The van der Waals surface area contributed by atoms with Gasteiger partial charge >= 0.3 is 0 Å². The number of rotatable bonds is 5. The molecular formula is C5H11NO4. The molecule has 5 nitrogen and oxygen atoms in total. The van der Waals surface area contributed by atoms with Crippen molar-refractivity contribution in [2.75, 3.05) is 13.7 Å². The molecule has 0 aliphatic heterocycles. The van der Waals surface area contributed by atoms with Crippen molar-refractivity contribution in [3.05, 3.63) is 4.91 Å². The number of hydrogen-bond donors (Lipinski definition) is 1. The van der Waals surface area contributed by atoms with Crippen LogP contribution in [0.4, 0.5) is 0 Å². The molecule has 0 heterocycles. The van der Waals surface area contributed by atoms with E-state index in [4.69, 9.17) is 5.11 Å². The number of aliphatic hydroxyl groups excluding tert-OH is 1. The molecule has 0 bridgehead atoms. The van der Waals surface area contributed by atoms with E-state index in [1.54, 1.807) is 0 Å². The molecular weight excluding hydrogens is 138 g/mol. The second-order valence-corrected chi connectivity index (χ2v) is 1.85. The highest BCUT2D eigenvalue weighted by Gasteiger charge is 2.16. The van der Waals surface area contributed by atoms with E-state index in [0.29, 0.717) is 0 Å². The molecule has 60 valence electrons. The Balaban J connectivity index is 3.60. The summed E-state index contributed by atoms with van der Waals surface area (Å²) < 4.78 is 0. The Labute approximate surface area is 58.8 Å². The molecule has 0 amide bonds. The Morgan fingerprint density at radius 3 is 2.60 bits per heavy atom. The fourth-order valence-electron chi connectivity index (χ4n) is 0.460.